The molecule has 0 heterocycles. The minimum Gasteiger partial charge on any atom is -0.545 e. The number of carboxylic acid groups (broad SMARTS) is 2. The van der Waals surface area contributed by atoms with E-state index in [-0.39, 0.29) is 65.0 Å². The molecule has 0 spiro atoms. The molecule has 7 nitrogen and oxygen atoms in total. The fourth-order valence-electron chi connectivity index (χ4n) is 0.389. The van der Waals surface area contributed by atoms with Gasteiger partial charge in [-0.15, -0.1) is 0 Å². The molecule has 0 aliphatic heterocycles. The fraction of sp³-hybridized carbons (Fsp3) is 0.438. The summed E-state index contributed by atoms with van der Waals surface area (Å²) in [7, 11) is 6.00. The van der Waals surface area contributed by atoms with Crippen LogP contribution >= 0.6 is 0 Å². The van der Waals surface area contributed by atoms with Crippen LogP contribution < -0.4 is 74.6 Å². The Bertz CT molecular complexity index is 366. The third kappa shape index (κ3) is 81.9. The minimum absolute atomic E-state index is 0. The van der Waals surface area contributed by atoms with Gasteiger partial charge in [-0.3, -0.25) is 4.79 Å². The van der Waals surface area contributed by atoms with Crippen molar-refractivity contribution in [2.75, 3.05) is 27.7 Å². The SMILES string of the molecule is C=C(C)C(=O)NCCC.C=CC(=O)[O-].C=CC(=O)[O-].CN(C)C.[Na+].[Na+]. The largest absolute Gasteiger partial charge is 1.00 e. The van der Waals surface area contributed by atoms with Crippen molar-refractivity contribution in [2.24, 2.45) is 0 Å². The Morgan fingerprint density at radius 1 is 1.00 bits per heavy atom. The molecule has 0 fully saturated rings. The molecule has 0 aromatic heterocycles. The van der Waals surface area contributed by atoms with Crippen molar-refractivity contribution in [1.82, 2.24) is 10.2 Å². The van der Waals surface area contributed by atoms with Crippen molar-refractivity contribution in [3.05, 3.63) is 37.5 Å². The number of nitrogens with one attached hydrogen (secondary N) is 1. The van der Waals surface area contributed by atoms with Gasteiger partial charge in [-0.1, -0.05) is 26.7 Å². The Balaban J connectivity index is -0.0000000495. The van der Waals surface area contributed by atoms with E-state index in [4.69, 9.17) is 19.8 Å². The Hall–Kier alpha value is -0.410. The standard InChI is InChI=1S/C7H13NO.C3H9N.2C3H4O2.2Na/c1-4-5-8-7(9)6(2)3;1-4(2)3;2*1-2-3(4)5;;/h2,4-5H2,1,3H3,(H,8,9);1-3H3;2*2H,1H2,(H,4,5);;/q;;;;2*+1/p-2. The molecule has 0 aromatic carbocycles. The number of hydrogen-bond acceptors (Lipinski definition) is 6. The zero-order chi connectivity index (χ0) is 19.4. The van der Waals surface area contributed by atoms with Gasteiger partial charge in [0.1, 0.15) is 0 Å². The quantitative estimate of drug-likeness (QED) is 0.378. The van der Waals surface area contributed by atoms with E-state index in [0.717, 1.165) is 25.1 Å². The Morgan fingerprint density at radius 2 is 1.24 bits per heavy atom. The molecule has 9 heteroatoms. The molecule has 0 radical (unpaired) electrons. The summed E-state index contributed by atoms with van der Waals surface area (Å²) in [5.74, 6) is -2.51. The molecule has 0 aliphatic rings. The first kappa shape index (κ1) is 39.6. The number of carboxylic acids is 2. The van der Waals surface area contributed by atoms with Crippen molar-refractivity contribution in [3.8, 4) is 0 Å². The van der Waals surface area contributed by atoms with Crippen molar-refractivity contribution in [2.45, 2.75) is 20.3 Å². The third-order valence-corrected chi connectivity index (χ3v) is 1.26. The van der Waals surface area contributed by atoms with Gasteiger partial charge in [0.15, 0.2) is 0 Å². The second-order valence-corrected chi connectivity index (χ2v) is 4.42. The van der Waals surface area contributed by atoms with Crippen molar-refractivity contribution in [1.29, 1.82) is 0 Å². The van der Waals surface area contributed by atoms with E-state index in [1.54, 1.807) is 6.92 Å². The molecule has 0 rings (SSSR count). The second-order valence-electron chi connectivity index (χ2n) is 4.42. The van der Waals surface area contributed by atoms with Crippen LogP contribution in [0.1, 0.15) is 20.3 Å². The summed E-state index contributed by atoms with van der Waals surface area (Å²) in [5, 5.41) is 21.0. The van der Waals surface area contributed by atoms with Gasteiger partial charge in [-0.25, -0.2) is 0 Å². The first-order chi connectivity index (χ1) is 10.5. The fourth-order valence-corrected chi connectivity index (χ4v) is 0.389. The molecule has 134 valence electrons. The molecule has 0 atom stereocenters. The topological polar surface area (TPSA) is 113 Å². The summed E-state index contributed by atoms with van der Waals surface area (Å²) in [6.45, 7) is 13.7. The minimum atomic E-state index is -1.23. The molecular formula is C16H28N2Na2O5. The number of rotatable bonds is 5. The predicted octanol–water partition coefficient (Wildman–Crippen LogP) is -6.88. The van der Waals surface area contributed by atoms with Crippen LogP contribution in [0.3, 0.4) is 0 Å². The van der Waals surface area contributed by atoms with Crippen LogP contribution in [0.4, 0.5) is 0 Å². The smallest absolute Gasteiger partial charge is 0.545 e. The molecule has 0 saturated carbocycles. The van der Waals surface area contributed by atoms with Gasteiger partial charge in [0, 0.05) is 12.1 Å². The maximum Gasteiger partial charge on any atom is 1.00 e. The van der Waals surface area contributed by atoms with Gasteiger partial charge in [0.25, 0.3) is 0 Å². The van der Waals surface area contributed by atoms with Crippen LogP contribution in [0.2, 0.25) is 0 Å². The normalized spacial score (nSPS) is 7.12. The Labute approximate surface area is 195 Å². The molecule has 0 aromatic rings. The van der Waals surface area contributed by atoms with Crippen LogP contribution in [0.25, 0.3) is 0 Å². The summed E-state index contributed by atoms with van der Waals surface area (Å²) in [5.41, 5.74) is 0.573. The summed E-state index contributed by atoms with van der Waals surface area (Å²) in [6, 6.07) is 0. The summed E-state index contributed by atoms with van der Waals surface area (Å²) >= 11 is 0. The molecule has 0 bridgehead atoms. The molecule has 0 unspecified atom stereocenters. The summed E-state index contributed by atoms with van der Waals surface area (Å²) < 4.78 is 0. The number of carbonyl (C=O) groups is 3. The van der Waals surface area contributed by atoms with Crippen LogP contribution in [-0.4, -0.2) is 50.4 Å². The second kappa shape index (κ2) is 31.4. The van der Waals surface area contributed by atoms with Gasteiger partial charge in [-0.05, 0) is 46.6 Å². The maximum atomic E-state index is 10.7. The first-order valence-corrected chi connectivity index (χ1v) is 6.67. The average molecular weight is 374 g/mol. The Morgan fingerprint density at radius 3 is 1.36 bits per heavy atom. The van der Waals surface area contributed by atoms with E-state index in [0.29, 0.717) is 5.57 Å². The molecular weight excluding hydrogens is 346 g/mol. The predicted molar refractivity (Wildman–Crippen MR) is 88.1 cm³/mol. The molecule has 0 aliphatic carbocycles. The van der Waals surface area contributed by atoms with Crippen LogP contribution in [-0.2, 0) is 14.4 Å². The van der Waals surface area contributed by atoms with E-state index in [9.17, 15) is 4.79 Å². The van der Waals surface area contributed by atoms with Gasteiger partial charge in [0.05, 0.1) is 11.9 Å². The molecule has 0 saturated heterocycles. The zero-order valence-electron chi connectivity index (χ0n) is 16.7. The molecule has 1 amide bonds. The van der Waals surface area contributed by atoms with Gasteiger partial charge >= 0.3 is 59.1 Å². The number of aliphatic carboxylic acids is 2. The number of carbonyl (C=O) groups excluding carboxylic acids is 3. The summed E-state index contributed by atoms with van der Waals surface area (Å²) in [6.07, 6.45) is 2.42. The number of nitrogens with zero attached hydrogens (tertiary/aromatic N) is 1. The summed E-state index contributed by atoms with van der Waals surface area (Å²) in [4.78, 5) is 31.0. The van der Waals surface area contributed by atoms with Crippen molar-refractivity contribution < 1.29 is 83.7 Å². The van der Waals surface area contributed by atoms with Crippen LogP contribution in [0.5, 0.6) is 0 Å². The van der Waals surface area contributed by atoms with Crippen molar-refractivity contribution in [3.63, 3.8) is 0 Å². The molecule has 25 heavy (non-hydrogen) atoms. The molecule has 1 N–H and O–H groups in total. The van der Waals surface area contributed by atoms with Crippen LogP contribution in [0, 0.1) is 0 Å². The third-order valence-electron chi connectivity index (χ3n) is 1.26. The van der Waals surface area contributed by atoms with E-state index >= 15 is 0 Å². The van der Waals surface area contributed by atoms with E-state index in [1.807, 2.05) is 33.0 Å². The Kier molecular flexibility index (Phi) is 49.7. The zero-order valence-corrected chi connectivity index (χ0v) is 20.7. The first-order valence-electron chi connectivity index (χ1n) is 6.67. The van der Waals surface area contributed by atoms with Gasteiger partial charge < -0.3 is 30.0 Å². The monoisotopic (exact) mass is 374 g/mol. The van der Waals surface area contributed by atoms with E-state index in [1.165, 1.54) is 0 Å². The van der Waals surface area contributed by atoms with Crippen LogP contribution in [0.15, 0.2) is 37.5 Å². The average Bonchev–Trinajstić information content (AvgIpc) is 2.45. The maximum absolute atomic E-state index is 10.7. The van der Waals surface area contributed by atoms with E-state index < -0.39 is 11.9 Å². The number of hydrogen-bond donors (Lipinski definition) is 1. The van der Waals surface area contributed by atoms with Gasteiger partial charge in [-0.2, -0.15) is 0 Å². The van der Waals surface area contributed by atoms with Gasteiger partial charge in [0.2, 0.25) is 5.91 Å². The van der Waals surface area contributed by atoms with E-state index in [2.05, 4.69) is 25.1 Å². The van der Waals surface area contributed by atoms with Crippen molar-refractivity contribution >= 4 is 17.8 Å². The number of amides is 1.